The minimum absolute atomic E-state index is 0.0661. The van der Waals surface area contributed by atoms with Gasteiger partial charge >= 0.3 is 12.1 Å². The molecular weight excluding hydrogens is 317 g/mol. The van der Waals surface area contributed by atoms with Crippen LogP contribution in [0, 0.1) is 10.8 Å². The molecule has 0 radical (unpaired) electrons. The number of hydrogen-bond donors (Lipinski definition) is 0. The van der Waals surface area contributed by atoms with Gasteiger partial charge in [0.2, 0.25) is 0 Å². The van der Waals surface area contributed by atoms with Gasteiger partial charge in [-0.3, -0.25) is 9.69 Å². The van der Waals surface area contributed by atoms with Gasteiger partial charge in [0.25, 0.3) is 0 Å². The molecule has 0 spiro atoms. The fourth-order valence-electron chi connectivity index (χ4n) is 4.70. The quantitative estimate of drug-likeness (QED) is 0.730. The van der Waals surface area contributed by atoms with Gasteiger partial charge in [-0.1, -0.05) is 38.5 Å². The highest BCUT2D eigenvalue weighted by Crippen LogP contribution is 2.53. The molecule has 0 aromatic rings. The average molecular weight is 344 g/mol. The molecule has 0 N–H and O–H groups in total. The van der Waals surface area contributed by atoms with Crippen LogP contribution in [0.15, 0.2) is 24.3 Å². The number of alkyl halides is 3. The van der Waals surface area contributed by atoms with Crippen molar-refractivity contribution in [2.24, 2.45) is 10.8 Å². The lowest BCUT2D eigenvalue weighted by molar-refractivity contribution is -0.189. The number of halogens is 3. The SMILES string of the molecule is C=CCN1CC=C2C(C)(C)[C@@H](N(C)C(=O)C(F)(F)F)CC[C@]2(C)C1. The van der Waals surface area contributed by atoms with Crippen LogP contribution in [0.25, 0.3) is 0 Å². The van der Waals surface area contributed by atoms with Crippen LogP contribution in [0.2, 0.25) is 0 Å². The molecule has 24 heavy (non-hydrogen) atoms. The van der Waals surface area contributed by atoms with E-state index in [1.165, 1.54) is 12.6 Å². The Labute approximate surface area is 142 Å². The van der Waals surface area contributed by atoms with Gasteiger partial charge in [-0.05, 0) is 12.8 Å². The van der Waals surface area contributed by atoms with E-state index in [4.69, 9.17) is 0 Å². The van der Waals surface area contributed by atoms with Gasteiger partial charge in [0.05, 0.1) is 0 Å². The van der Waals surface area contributed by atoms with Crippen molar-refractivity contribution in [2.75, 3.05) is 26.7 Å². The monoisotopic (exact) mass is 344 g/mol. The van der Waals surface area contributed by atoms with Gasteiger partial charge in [-0.25, -0.2) is 0 Å². The van der Waals surface area contributed by atoms with Crippen molar-refractivity contribution >= 4 is 5.91 Å². The lowest BCUT2D eigenvalue weighted by Gasteiger charge is -2.55. The third-order valence-electron chi connectivity index (χ3n) is 5.69. The first-order valence-electron chi connectivity index (χ1n) is 8.32. The molecule has 1 fully saturated rings. The molecule has 0 saturated heterocycles. The molecule has 0 bridgehead atoms. The molecule has 1 aliphatic carbocycles. The van der Waals surface area contributed by atoms with Crippen LogP contribution >= 0.6 is 0 Å². The Morgan fingerprint density at radius 1 is 1.46 bits per heavy atom. The first kappa shape index (κ1) is 19.0. The fraction of sp³-hybridized carbons (Fsp3) is 0.722. The Bertz CT molecular complexity index is 553. The lowest BCUT2D eigenvalue weighted by atomic mass is 9.56. The molecular formula is C18H27F3N2O. The van der Waals surface area contributed by atoms with E-state index in [1.807, 2.05) is 19.9 Å². The molecule has 2 atom stereocenters. The molecule has 1 heterocycles. The summed E-state index contributed by atoms with van der Waals surface area (Å²) in [5, 5.41) is 0. The van der Waals surface area contributed by atoms with Crippen LogP contribution < -0.4 is 0 Å². The van der Waals surface area contributed by atoms with E-state index in [9.17, 15) is 18.0 Å². The van der Waals surface area contributed by atoms with Crippen molar-refractivity contribution in [3.8, 4) is 0 Å². The first-order chi connectivity index (χ1) is 10.9. The summed E-state index contributed by atoms with van der Waals surface area (Å²) >= 11 is 0. The summed E-state index contributed by atoms with van der Waals surface area (Å²) in [5.74, 6) is -1.76. The zero-order valence-corrected chi connectivity index (χ0v) is 14.9. The summed E-state index contributed by atoms with van der Waals surface area (Å²) in [4.78, 5) is 14.9. The highest BCUT2D eigenvalue weighted by atomic mass is 19.4. The van der Waals surface area contributed by atoms with Gasteiger partial charge in [-0.2, -0.15) is 13.2 Å². The smallest absolute Gasteiger partial charge is 0.334 e. The second kappa shape index (κ2) is 6.21. The van der Waals surface area contributed by atoms with E-state index in [2.05, 4.69) is 24.5 Å². The number of carbonyl (C=O) groups excluding carboxylic acids is 1. The van der Waals surface area contributed by atoms with Crippen molar-refractivity contribution in [2.45, 2.75) is 45.8 Å². The largest absolute Gasteiger partial charge is 0.471 e. The summed E-state index contributed by atoms with van der Waals surface area (Å²) < 4.78 is 38.5. The van der Waals surface area contributed by atoms with E-state index in [0.717, 1.165) is 31.0 Å². The maximum atomic E-state index is 12.8. The van der Waals surface area contributed by atoms with E-state index in [-0.39, 0.29) is 5.41 Å². The summed E-state index contributed by atoms with van der Waals surface area (Å²) in [5.41, 5.74) is 0.625. The van der Waals surface area contributed by atoms with Gasteiger partial charge in [0.1, 0.15) is 0 Å². The van der Waals surface area contributed by atoms with Crippen LogP contribution in [0.3, 0.4) is 0 Å². The van der Waals surface area contributed by atoms with Gasteiger partial charge in [-0.15, -0.1) is 6.58 Å². The summed E-state index contributed by atoms with van der Waals surface area (Å²) in [7, 11) is 1.28. The molecule has 6 heteroatoms. The zero-order chi connectivity index (χ0) is 18.3. The molecule has 0 unspecified atom stereocenters. The normalized spacial score (nSPS) is 30.3. The molecule has 0 aromatic heterocycles. The number of hydrogen-bond acceptors (Lipinski definition) is 2. The number of fused-ring (bicyclic) bond motifs is 1. The molecule has 0 aromatic carbocycles. The van der Waals surface area contributed by atoms with E-state index in [0.29, 0.717) is 6.42 Å². The van der Waals surface area contributed by atoms with Gasteiger partial charge < -0.3 is 4.90 Å². The zero-order valence-electron chi connectivity index (χ0n) is 14.9. The Hall–Kier alpha value is -1.30. The maximum Gasteiger partial charge on any atom is 0.471 e. The van der Waals surface area contributed by atoms with Crippen molar-refractivity contribution in [3.05, 3.63) is 24.3 Å². The highest BCUT2D eigenvalue weighted by molar-refractivity contribution is 5.82. The number of rotatable bonds is 3. The molecule has 136 valence electrons. The topological polar surface area (TPSA) is 23.6 Å². The van der Waals surface area contributed by atoms with Crippen LogP contribution in [-0.4, -0.2) is 54.6 Å². The van der Waals surface area contributed by atoms with Gasteiger partial charge in [0.15, 0.2) is 0 Å². The summed E-state index contributed by atoms with van der Waals surface area (Å²) in [6, 6.07) is -0.447. The predicted octanol–water partition coefficient (Wildman–Crippen LogP) is 3.63. The third kappa shape index (κ3) is 3.25. The fourth-order valence-corrected chi connectivity index (χ4v) is 4.70. The highest BCUT2D eigenvalue weighted by Gasteiger charge is 2.53. The van der Waals surface area contributed by atoms with Crippen molar-refractivity contribution in [3.63, 3.8) is 0 Å². The molecule has 2 aliphatic rings. The van der Waals surface area contributed by atoms with E-state index < -0.39 is 23.5 Å². The lowest BCUT2D eigenvalue weighted by Crippen LogP contribution is -2.58. The first-order valence-corrected chi connectivity index (χ1v) is 8.32. The predicted molar refractivity (Wildman–Crippen MR) is 88.5 cm³/mol. The maximum absolute atomic E-state index is 12.8. The average Bonchev–Trinajstić information content (AvgIpc) is 2.44. The Kier molecular flexibility index (Phi) is 4.92. The number of nitrogens with zero attached hydrogens (tertiary/aromatic N) is 2. The van der Waals surface area contributed by atoms with E-state index in [1.54, 1.807) is 0 Å². The number of amides is 1. The minimum Gasteiger partial charge on any atom is -0.334 e. The summed E-state index contributed by atoms with van der Waals surface area (Å²) in [6.07, 6.45) is 0.532. The molecule has 1 aliphatic heterocycles. The summed E-state index contributed by atoms with van der Waals surface area (Å²) in [6.45, 7) is 12.3. The molecule has 1 amide bonds. The molecule has 2 rings (SSSR count). The Morgan fingerprint density at radius 2 is 2.08 bits per heavy atom. The van der Waals surface area contributed by atoms with Crippen molar-refractivity contribution in [1.82, 2.24) is 9.80 Å². The van der Waals surface area contributed by atoms with Crippen LogP contribution in [-0.2, 0) is 4.79 Å². The van der Waals surface area contributed by atoms with Gasteiger partial charge in [0, 0.05) is 43.6 Å². The molecule has 1 saturated carbocycles. The minimum atomic E-state index is -4.83. The van der Waals surface area contributed by atoms with Crippen molar-refractivity contribution in [1.29, 1.82) is 0 Å². The van der Waals surface area contributed by atoms with Crippen LogP contribution in [0.4, 0.5) is 13.2 Å². The van der Waals surface area contributed by atoms with Crippen molar-refractivity contribution < 1.29 is 18.0 Å². The molecule has 3 nitrogen and oxygen atoms in total. The van der Waals surface area contributed by atoms with Crippen LogP contribution in [0.1, 0.15) is 33.6 Å². The second-order valence-corrected chi connectivity index (χ2v) is 7.85. The second-order valence-electron chi connectivity index (χ2n) is 7.85. The third-order valence-corrected chi connectivity index (χ3v) is 5.69. The Morgan fingerprint density at radius 3 is 2.62 bits per heavy atom. The number of carbonyl (C=O) groups is 1. The van der Waals surface area contributed by atoms with Crippen LogP contribution in [0.5, 0.6) is 0 Å². The van der Waals surface area contributed by atoms with E-state index >= 15 is 0 Å². The standard InChI is InChI=1S/C18H27F3N2O/c1-6-10-23-11-8-13-16(2,3)14(7-9-17(13,4)12-23)22(5)15(24)18(19,20)21/h6,8,14H,1,7,9-12H2,2-5H3/t14-,17+/m0/s1. The Balaban J connectivity index is 2.30.